The second-order valence-electron chi connectivity index (χ2n) is 8.55. The number of benzene rings is 6. The molecule has 0 aromatic heterocycles. The average molecular weight is 421 g/mol. The first kappa shape index (κ1) is 19.5. The largest absolute Gasteiger partial charge is 0.0622 e. The fourth-order valence-corrected chi connectivity index (χ4v) is 5.17. The van der Waals surface area contributed by atoms with Crippen molar-refractivity contribution in [1.82, 2.24) is 0 Å². The van der Waals surface area contributed by atoms with Gasteiger partial charge in [-0.05, 0) is 67.4 Å². The van der Waals surface area contributed by atoms with Gasteiger partial charge in [-0.3, -0.25) is 0 Å². The molecule has 0 fully saturated rings. The summed E-state index contributed by atoms with van der Waals surface area (Å²) < 4.78 is 0. The van der Waals surface area contributed by atoms with Crippen LogP contribution >= 0.6 is 0 Å². The van der Waals surface area contributed by atoms with E-state index in [1.807, 2.05) is 0 Å². The Kier molecular flexibility index (Phi) is 4.78. The third-order valence-electron chi connectivity index (χ3n) is 6.68. The molecule has 0 aliphatic carbocycles. The quantitative estimate of drug-likeness (QED) is 0.250. The highest BCUT2D eigenvalue weighted by atomic mass is 14.2. The highest BCUT2D eigenvalue weighted by Gasteiger charge is 2.18. The summed E-state index contributed by atoms with van der Waals surface area (Å²) in [4.78, 5) is 0. The van der Waals surface area contributed by atoms with Gasteiger partial charge in [0.2, 0.25) is 0 Å². The van der Waals surface area contributed by atoms with E-state index in [0.29, 0.717) is 0 Å². The van der Waals surface area contributed by atoms with Crippen LogP contribution in [-0.2, 0) is 0 Å². The van der Waals surface area contributed by atoms with E-state index in [1.165, 1.54) is 60.5 Å². The Morgan fingerprint density at radius 1 is 0.333 bits per heavy atom. The standard InChI is InChI=1S/C33H24/c1-23-26(24-13-4-2-5-14-24)21-12-22-27(23)33-30-19-10-8-17-28(30)32(25-15-6-3-7-16-25)29-18-9-11-20-31(29)33/h2-22H,1H3. The molecule has 0 bridgehead atoms. The zero-order chi connectivity index (χ0) is 22.2. The summed E-state index contributed by atoms with van der Waals surface area (Å²) in [5.74, 6) is 0. The van der Waals surface area contributed by atoms with Crippen LogP contribution in [0.5, 0.6) is 0 Å². The maximum Gasteiger partial charge on any atom is -0.00235 e. The van der Waals surface area contributed by atoms with Crippen molar-refractivity contribution in [2.24, 2.45) is 0 Å². The van der Waals surface area contributed by atoms with Crippen LogP contribution in [0.2, 0.25) is 0 Å². The lowest BCUT2D eigenvalue weighted by atomic mass is 9.83. The summed E-state index contributed by atoms with van der Waals surface area (Å²) in [7, 11) is 0. The van der Waals surface area contributed by atoms with Crippen LogP contribution in [0.4, 0.5) is 0 Å². The van der Waals surface area contributed by atoms with E-state index in [-0.39, 0.29) is 0 Å². The summed E-state index contributed by atoms with van der Waals surface area (Å²) in [6, 6.07) is 45.9. The Bertz CT molecular complexity index is 1540. The molecule has 0 unspecified atom stereocenters. The first-order valence-corrected chi connectivity index (χ1v) is 11.5. The highest BCUT2D eigenvalue weighted by Crippen LogP contribution is 2.45. The normalized spacial score (nSPS) is 11.2. The summed E-state index contributed by atoms with van der Waals surface area (Å²) in [6.45, 7) is 2.26. The number of fused-ring (bicyclic) bond motifs is 2. The molecular weight excluding hydrogens is 396 g/mol. The molecule has 0 N–H and O–H groups in total. The Labute approximate surface area is 194 Å². The molecule has 6 rings (SSSR count). The summed E-state index contributed by atoms with van der Waals surface area (Å²) in [5.41, 5.74) is 9.03. The topological polar surface area (TPSA) is 0 Å². The van der Waals surface area contributed by atoms with Crippen molar-refractivity contribution in [3.63, 3.8) is 0 Å². The number of hydrogen-bond acceptors (Lipinski definition) is 0. The van der Waals surface area contributed by atoms with Crippen LogP contribution in [0.3, 0.4) is 0 Å². The summed E-state index contributed by atoms with van der Waals surface area (Å²) >= 11 is 0. The lowest BCUT2D eigenvalue weighted by molar-refractivity contribution is 1.46. The van der Waals surface area contributed by atoms with E-state index in [1.54, 1.807) is 0 Å². The Morgan fingerprint density at radius 3 is 1.30 bits per heavy atom. The molecule has 0 aliphatic heterocycles. The van der Waals surface area contributed by atoms with Gasteiger partial charge in [-0.25, -0.2) is 0 Å². The van der Waals surface area contributed by atoms with Crippen LogP contribution in [0.1, 0.15) is 5.56 Å². The Balaban J connectivity index is 1.75. The molecule has 6 aromatic carbocycles. The van der Waals surface area contributed by atoms with E-state index >= 15 is 0 Å². The van der Waals surface area contributed by atoms with Gasteiger partial charge in [0, 0.05) is 0 Å². The van der Waals surface area contributed by atoms with Gasteiger partial charge in [-0.2, -0.15) is 0 Å². The minimum absolute atomic E-state index is 1.26. The van der Waals surface area contributed by atoms with Crippen LogP contribution in [0, 0.1) is 6.92 Å². The molecule has 0 heterocycles. The maximum absolute atomic E-state index is 2.28. The van der Waals surface area contributed by atoms with Crippen LogP contribution in [0.25, 0.3) is 54.9 Å². The Morgan fingerprint density at radius 2 is 0.758 bits per heavy atom. The lowest BCUT2D eigenvalue weighted by Gasteiger charge is -2.20. The fraction of sp³-hybridized carbons (Fsp3) is 0.0303. The lowest BCUT2D eigenvalue weighted by Crippen LogP contribution is -1.93. The molecule has 0 heteroatoms. The molecule has 0 nitrogen and oxygen atoms in total. The van der Waals surface area contributed by atoms with Gasteiger partial charge in [0.1, 0.15) is 0 Å². The zero-order valence-corrected chi connectivity index (χ0v) is 18.6. The van der Waals surface area contributed by atoms with Gasteiger partial charge in [-0.15, -0.1) is 0 Å². The van der Waals surface area contributed by atoms with E-state index in [0.717, 1.165) is 0 Å². The molecule has 0 spiro atoms. The predicted molar refractivity (Wildman–Crippen MR) is 142 cm³/mol. The molecule has 0 atom stereocenters. The monoisotopic (exact) mass is 420 g/mol. The highest BCUT2D eigenvalue weighted by molar-refractivity contribution is 6.21. The third-order valence-corrected chi connectivity index (χ3v) is 6.68. The van der Waals surface area contributed by atoms with Gasteiger partial charge >= 0.3 is 0 Å². The molecule has 33 heavy (non-hydrogen) atoms. The van der Waals surface area contributed by atoms with E-state index < -0.39 is 0 Å². The van der Waals surface area contributed by atoms with Gasteiger partial charge in [0.25, 0.3) is 0 Å². The van der Waals surface area contributed by atoms with Crippen molar-refractivity contribution in [2.75, 3.05) is 0 Å². The Hall–Kier alpha value is -4.16. The minimum Gasteiger partial charge on any atom is -0.0622 e. The minimum atomic E-state index is 1.26. The van der Waals surface area contributed by atoms with E-state index in [2.05, 4.69) is 134 Å². The third kappa shape index (κ3) is 3.23. The molecule has 0 radical (unpaired) electrons. The van der Waals surface area contributed by atoms with Crippen molar-refractivity contribution < 1.29 is 0 Å². The predicted octanol–water partition coefficient (Wildman–Crippen LogP) is 9.30. The van der Waals surface area contributed by atoms with Crippen molar-refractivity contribution in [1.29, 1.82) is 0 Å². The molecule has 0 amide bonds. The van der Waals surface area contributed by atoms with E-state index in [4.69, 9.17) is 0 Å². The molecule has 0 aliphatic rings. The van der Waals surface area contributed by atoms with Crippen LogP contribution in [-0.4, -0.2) is 0 Å². The second kappa shape index (κ2) is 8.07. The van der Waals surface area contributed by atoms with Crippen molar-refractivity contribution in [3.8, 4) is 33.4 Å². The van der Waals surface area contributed by atoms with Gasteiger partial charge in [0.05, 0.1) is 0 Å². The molecule has 156 valence electrons. The summed E-state index contributed by atoms with van der Waals surface area (Å²) in [5, 5.41) is 5.18. The fourth-order valence-electron chi connectivity index (χ4n) is 5.17. The van der Waals surface area contributed by atoms with Crippen molar-refractivity contribution >= 4 is 21.5 Å². The summed E-state index contributed by atoms with van der Waals surface area (Å²) in [6.07, 6.45) is 0. The zero-order valence-electron chi connectivity index (χ0n) is 18.6. The van der Waals surface area contributed by atoms with Gasteiger partial charge in [-0.1, -0.05) is 127 Å². The van der Waals surface area contributed by atoms with Crippen molar-refractivity contribution in [3.05, 3.63) is 133 Å². The van der Waals surface area contributed by atoms with E-state index in [9.17, 15) is 0 Å². The smallest absolute Gasteiger partial charge is 0.00235 e. The molecule has 0 saturated carbocycles. The second-order valence-corrected chi connectivity index (χ2v) is 8.55. The average Bonchev–Trinajstić information content (AvgIpc) is 2.89. The van der Waals surface area contributed by atoms with Gasteiger partial charge in [0.15, 0.2) is 0 Å². The number of hydrogen-bond donors (Lipinski definition) is 0. The van der Waals surface area contributed by atoms with Crippen LogP contribution in [0.15, 0.2) is 127 Å². The molecule has 6 aromatic rings. The van der Waals surface area contributed by atoms with Crippen molar-refractivity contribution in [2.45, 2.75) is 6.92 Å². The molecule has 0 saturated heterocycles. The SMILES string of the molecule is Cc1c(-c2ccccc2)cccc1-c1c2ccccc2c(-c2ccccc2)c2ccccc12. The maximum atomic E-state index is 2.28. The molecular formula is C33H24. The van der Waals surface area contributed by atoms with Crippen LogP contribution < -0.4 is 0 Å². The number of rotatable bonds is 3. The van der Waals surface area contributed by atoms with Gasteiger partial charge < -0.3 is 0 Å². The first-order chi connectivity index (χ1) is 16.3. The first-order valence-electron chi connectivity index (χ1n) is 11.5.